The van der Waals surface area contributed by atoms with E-state index < -0.39 is 0 Å². The largest absolute Gasteiger partial charge is 0.357 e. The van der Waals surface area contributed by atoms with Crippen LogP contribution in [-0.4, -0.2) is 50.6 Å². The lowest BCUT2D eigenvalue weighted by molar-refractivity contribution is 0.223. The average Bonchev–Trinajstić information content (AvgIpc) is 2.53. The monoisotopic (exact) mass is 330 g/mol. The molecule has 1 saturated heterocycles. The summed E-state index contributed by atoms with van der Waals surface area (Å²) in [6.45, 7) is 11.6. The van der Waals surface area contributed by atoms with Gasteiger partial charge in [0.25, 0.3) is 0 Å². The lowest BCUT2D eigenvalue weighted by Crippen LogP contribution is -2.39. The van der Waals surface area contributed by atoms with Gasteiger partial charge in [0.05, 0.1) is 0 Å². The zero-order chi connectivity index (χ0) is 17.4. The van der Waals surface area contributed by atoms with E-state index in [9.17, 15) is 0 Å². The summed E-state index contributed by atoms with van der Waals surface area (Å²) < 4.78 is 0. The third-order valence-electron chi connectivity index (χ3n) is 4.68. The first-order valence-corrected chi connectivity index (χ1v) is 9.34. The van der Waals surface area contributed by atoms with Crippen LogP contribution in [0.25, 0.3) is 0 Å². The van der Waals surface area contributed by atoms with Gasteiger partial charge in [0, 0.05) is 19.6 Å². The number of guanidine groups is 1. The number of hydrogen-bond acceptors (Lipinski definition) is 2. The number of aryl methyl sites for hydroxylation is 2. The second-order valence-electron chi connectivity index (χ2n) is 7.14. The summed E-state index contributed by atoms with van der Waals surface area (Å²) in [6, 6.07) is 6.78. The number of nitrogens with one attached hydrogen (secondary N) is 2. The molecule has 0 saturated carbocycles. The Morgan fingerprint density at radius 2 is 1.79 bits per heavy atom. The first kappa shape index (κ1) is 18.8. The van der Waals surface area contributed by atoms with Crippen LogP contribution in [0, 0.1) is 19.8 Å². The number of rotatable bonds is 6. The summed E-state index contributed by atoms with van der Waals surface area (Å²) in [5, 5.41) is 6.85. The van der Waals surface area contributed by atoms with Crippen LogP contribution in [0.3, 0.4) is 0 Å². The van der Waals surface area contributed by atoms with Crippen molar-refractivity contribution >= 4 is 5.96 Å². The highest BCUT2D eigenvalue weighted by Crippen LogP contribution is 2.15. The third-order valence-corrected chi connectivity index (χ3v) is 4.68. The van der Waals surface area contributed by atoms with Crippen molar-refractivity contribution in [3.8, 4) is 0 Å². The molecule has 0 unspecified atom stereocenters. The smallest absolute Gasteiger partial charge is 0.191 e. The van der Waals surface area contributed by atoms with Crippen LogP contribution in [0.15, 0.2) is 23.2 Å². The second kappa shape index (κ2) is 9.67. The van der Waals surface area contributed by atoms with Gasteiger partial charge in [-0.1, -0.05) is 29.3 Å². The topological polar surface area (TPSA) is 39.7 Å². The molecule has 2 N–H and O–H groups in total. The standard InChI is InChI=1S/C20H34N4/c1-5-21-20(23-15-18-7-10-24(4)11-8-18)22-9-6-19-13-16(2)12-17(3)14-19/h12-14,18H,5-11,15H2,1-4H3,(H2,21,22,23). The number of nitrogens with zero attached hydrogens (tertiary/aromatic N) is 2. The second-order valence-corrected chi connectivity index (χ2v) is 7.14. The Balaban J connectivity index is 1.80. The molecule has 0 radical (unpaired) electrons. The van der Waals surface area contributed by atoms with E-state index in [1.54, 1.807) is 0 Å². The molecular formula is C20H34N4. The van der Waals surface area contributed by atoms with Crippen LogP contribution in [0.4, 0.5) is 0 Å². The summed E-state index contributed by atoms with van der Waals surface area (Å²) >= 11 is 0. The molecule has 1 aliphatic heterocycles. The molecule has 1 aromatic carbocycles. The third kappa shape index (κ3) is 6.52. The van der Waals surface area contributed by atoms with E-state index in [0.717, 1.165) is 37.9 Å². The van der Waals surface area contributed by atoms with Crippen molar-refractivity contribution in [2.75, 3.05) is 39.8 Å². The molecule has 2 rings (SSSR count). The van der Waals surface area contributed by atoms with Crippen LogP contribution >= 0.6 is 0 Å². The SMILES string of the molecule is CCNC(=NCC1CCN(C)CC1)NCCc1cc(C)cc(C)c1. The summed E-state index contributed by atoms with van der Waals surface area (Å²) in [6.07, 6.45) is 3.56. The van der Waals surface area contributed by atoms with Gasteiger partial charge in [-0.2, -0.15) is 0 Å². The zero-order valence-electron chi connectivity index (χ0n) is 15.9. The van der Waals surface area contributed by atoms with Crippen molar-refractivity contribution in [2.24, 2.45) is 10.9 Å². The van der Waals surface area contributed by atoms with E-state index in [-0.39, 0.29) is 0 Å². The number of benzene rings is 1. The number of piperidine rings is 1. The maximum Gasteiger partial charge on any atom is 0.191 e. The number of aliphatic imine (C=N–C) groups is 1. The molecule has 0 spiro atoms. The predicted molar refractivity (Wildman–Crippen MR) is 104 cm³/mol. The summed E-state index contributed by atoms with van der Waals surface area (Å²) in [4.78, 5) is 7.21. The van der Waals surface area contributed by atoms with Crippen molar-refractivity contribution < 1.29 is 0 Å². The van der Waals surface area contributed by atoms with Gasteiger partial charge < -0.3 is 15.5 Å². The van der Waals surface area contributed by atoms with Crippen LogP contribution in [0.5, 0.6) is 0 Å². The molecule has 1 aliphatic rings. The minimum Gasteiger partial charge on any atom is -0.357 e. The van der Waals surface area contributed by atoms with Gasteiger partial charge in [0.2, 0.25) is 0 Å². The normalized spacial score (nSPS) is 17.1. The lowest BCUT2D eigenvalue weighted by Gasteiger charge is -2.28. The van der Waals surface area contributed by atoms with Crippen molar-refractivity contribution in [1.82, 2.24) is 15.5 Å². The fourth-order valence-electron chi connectivity index (χ4n) is 3.35. The molecular weight excluding hydrogens is 296 g/mol. The molecule has 4 heteroatoms. The van der Waals surface area contributed by atoms with Crippen molar-refractivity contribution in [1.29, 1.82) is 0 Å². The molecule has 0 amide bonds. The van der Waals surface area contributed by atoms with E-state index in [0.29, 0.717) is 0 Å². The highest BCUT2D eigenvalue weighted by Gasteiger charge is 2.16. The van der Waals surface area contributed by atoms with E-state index in [4.69, 9.17) is 4.99 Å². The van der Waals surface area contributed by atoms with Crippen molar-refractivity contribution in [2.45, 2.75) is 40.0 Å². The molecule has 0 atom stereocenters. The van der Waals surface area contributed by atoms with Gasteiger partial charge in [-0.15, -0.1) is 0 Å². The minimum atomic E-state index is 0.732. The number of likely N-dealkylation sites (tertiary alicyclic amines) is 1. The number of hydrogen-bond donors (Lipinski definition) is 2. The molecule has 1 aromatic rings. The minimum absolute atomic E-state index is 0.732. The van der Waals surface area contributed by atoms with Gasteiger partial charge in [-0.3, -0.25) is 4.99 Å². The first-order chi connectivity index (χ1) is 11.6. The van der Waals surface area contributed by atoms with Crippen LogP contribution < -0.4 is 10.6 Å². The van der Waals surface area contributed by atoms with Gasteiger partial charge in [-0.25, -0.2) is 0 Å². The Labute approximate surface area is 147 Å². The summed E-state index contributed by atoms with van der Waals surface area (Å²) in [5.41, 5.74) is 4.08. The van der Waals surface area contributed by atoms with Gasteiger partial charge in [-0.05, 0) is 71.7 Å². The van der Waals surface area contributed by atoms with E-state index >= 15 is 0 Å². The summed E-state index contributed by atoms with van der Waals surface area (Å²) in [5.74, 6) is 1.69. The lowest BCUT2D eigenvalue weighted by atomic mass is 9.97. The zero-order valence-corrected chi connectivity index (χ0v) is 15.9. The molecule has 0 bridgehead atoms. The quantitative estimate of drug-likeness (QED) is 0.622. The van der Waals surface area contributed by atoms with Crippen molar-refractivity contribution in [3.05, 3.63) is 34.9 Å². The maximum absolute atomic E-state index is 4.80. The maximum atomic E-state index is 4.80. The summed E-state index contributed by atoms with van der Waals surface area (Å²) in [7, 11) is 2.21. The fraction of sp³-hybridized carbons (Fsp3) is 0.650. The molecule has 1 fully saturated rings. The van der Waals surface area contributed by atoms with E-state index in [1.165, 1.54) is 42.6 Å². The predicted octanol–water partition coefficient (Wildman–Crippen LogP) is 2.74. The van der Waals surface area contributed by atoms with E-state index in [2.05, 4.69) is 61.6 Å². The Morgan fingerprint density at radius 1 is 1.12 bits per heavy atom. The van der Waals surface area contributed by atoms with Crippen LogP contribution in [0.2, 0.25) is 0 Å². The fourth-order valence-corrected chi connectivity index (χ4v) is 3.35. The Kier molecular flexibility index (Phi) is 7.57. The van der Waals surface area contributed by atoms with Crippen molar-refractivity contribution in [3.63, 3.8) is 0 Å². The molecule has 134 valence electrons. The molecule has 1 heterocycles. The Bertz CT molecular complexity index is 510. The van der Waals surface area contributed by atoms with Crippen LogP contribution in [0.1, 0.15) is 36.5 Å². The molecule has 0 aliphatic carbocycles. The highest BCUT2D eigenvalue weighted by atomic mass is 15.2. The Morgan fingerprint density at radius 3 is 2.42 bits per heavy atom. The van der Waals surface area contributed by atoms with Gasteiger partial charge in [0.15, 0.2) is 5.96 Å². The molecule has 24 heavy (non-hydrogen) atoms. The van der Waals surface area contributed by atoms with Gasteiger partial charge >= 0.3 is 0 Å². The van der Waals surface area contributed by atoms with Gasteiger partial charge in [0.1, 0.15) is 0 Å². The molecule has 4 nitrogen and oxygen atoms in total. The highest BCUT2D eigenvalue weighted by molar-refractivity contribution is 5.79. The Hall–Kier alpha value is -1.55. The van der Waals surface area contributed by atoms with Crippen LogP contribution in [-0.2, 0) is 6.42 Å². The molecule has 0 aromatic heterocycles. The average molecular weight is 331 g/mol. The first-order valence-electron chi connectivity index (χ1n) is 9.34. The van der Waals surface area contributed by atoms with E-state index in [1.807, 2.05) is 0 Å².